The standard InChI is InChI=1S/C14H12BrFN2O2/c1-20-13-6-8(2-5-11(13)16)14(19)18-12-7-9(17)3-4-10(12)15/h2-7H,17H2,1H3,(H,18,19). The molecular weight excluding hydrogens is 327 g/mol. The quantitative estimate of drug-likeness (QED) is 0.842. The lowest BCUT2D eigenvalue weighted by atomic mass is 10.2. The summed E-state index contributed by atoms with van der Waals surface area (Å²) in [4.78, 5) is 12.1. The topological polar surface area (TPSA) is 64.3 Å². The van der Waals surface area contributed by atoms with Gasteiger partial charge in [-0.05, 0) is 52.3 Å². The van der Waals surface area contributed by atoms with Crippen molar-refractivity contribution in [3.8, 4) is 5.75 Å². The van der Waals surface area contributed by atoms with E-state index in [2.05, 4.69) is 21.2 Å². The molecule has 6 heteroatoms. The fourth-order valence-electron chi connectivity index (χ4n) is 1.63. The molecule has 1 amide bonds. The second kappa shape index (κ2) is 5.92. The average Bonchev–Trinajstić information content (AvgIpc) is 2.43. The summed E-state index contributed by atoms with van der Waals surface area (Å²) in [5, 5.41) is 2.69. The van der Waals surface area contributed by atoms with Crippen LogP contribution >= 0.6 is 15.9 Å². The van der Waals surface area contributed by atoms with Crippen LogP contribution in [0, 0.1) is 5.82 Å². The number of amides is 1. The molecule has 0 saturated heterocycles. The molecule has 2 aromatic rings. The molecule has 2 rings (SSSR count). The fraction of sp³-hybridized carbons (Fsp3) is 0.0714. The molecule has 0 saturated carbocycles. The molecule has 20 heavy (non-hydrogen) atoms. The predicted octanol–water partition coefficient (Wildman–Crippen LogP) is 3.43. The zero-order valence-corrected chi connectivity index (χ0v) is 12.2. The lowest BCUT2D eigenvalue weighted by Crippen LogP contribution is -2.12. The van der Waals surface area contributed by atoms with Gasteiger partial charge < -0.3 is 15.8 Å². The van der Waals surface area contributed by atoms with Gasteiger partial charge >= 0.3 is 0 Å². The lowest BCUT2D eigenvalue weighted by molar-refractivity contribution is 0.102. The van der Waals surface area contributed by atoms with E-state index in [9.17, 15) is 9.18 Å². The Bertz CT molecular complexity index is 662. The highest BCUT2D eigenvalue weighted by atomic mass is 79.9. The number of nitrogens with two attached hydrogens (primary N) is 1. The van der Waals surface area contributed by atoms with E-state index in [1.165, 1.54) is 25.3 Å². The van der Waals surface area contributed by atoms with Crippen molar-refractivity contribution in [2.24, 2.45) is 0 Å². The number of rotatable bonds is 3. The zero-order chi connectivity index (χ0) is 14.7. The van der Waals surface area contributed by atoms with Crippen LogP contribution in [0.25, 0.3) is 0 Å². The van der Waals surface area contributed by atoms with Crippen LogP contribution in [0.5, 0.6) is 5.75 Å². The van der Waals surface area contributed by atoms with Crippen LogP contribution in [0.2, 0.25) is 0 Å². The minimum atomic E-state index is -0.519. The molecule has 0 aliphatic heterocycles. The minimum absolute atomic E-state index is 0.0179. The van der Waals surface area contributed by atoms with Crippen molar-refractivity contribution in [3.63, 3.8) is 0 Å². The Morgan fingerprint density at radius 1 is 1.30 bits per heavy atom. The molecule has 3 N–H and O–H groups in total. The van der Waals surface area contributed by atoms with Gasteiger partial charge in [-0.2, -0.15) is 0 Å². The summed E-state index contributed by atoms with van der Waals surface area (Å²) in [6.45, 7) is 0. The van der Waals surface area contributed by atoms with E-state index in [-0.39, 0.29) is 17.2 Å². The normalized spacial score (nSPS) is 10.2. The van der Waals surface area contributed by atoms with E-state index in [1.54, 1.807) is 18.2 Å². The molecular formula is C14H12BrFN2O2. The number of ether oxygens (including phenoxy) is 1. The first-order chi connectivity index (χ1) is 9.51. The molecule has 0 atom stereocenters. The van der Waals surface area contributed by atoms with Crippen LogP contribution in [0.3, 0.4) is 0 Å². The number of nitrogen functional groups attached to an aromatic ring is 1. The Morgan fingerprint density at radius 3 is 2.75 bits per heavy atom. The Labute approximate surface area is 123 Å². The lowest BCUT2D eigenvalue weighted by Gasteiger charge is -2.09. The van der Waals surface area contributed by atoms with Crippen molar-refractivity contribution in [3.05, 3.63) is 52.3 Å². The van der Waals surface area contributed by atoms with E-state index < -0.39 is 5.82 Å². The summed E-state index contributed by atoms with van der Waals surface area (Å²) in [6.07, 6.45) is 0. The molecule has 4 nitrogen and oxygen atoms in total. The van der Waals surface area contributed by atoms with Crippen LogP contribution in [-0.4, -0.2) is 13.0 Å². The van der Waals surface area contributed by atoms with Crippen LogP contribution in [-0.2, 0) is 0 Å². The molecule has 0 radical (unpaired) electrons. The Hall–Kier alpha value is -2.08. The highest BCUT2D eigenvalue weighted by Gasteiger charge is 2.12. The zero-order valence-electron chi connectivity index (χ0n) is 10.6. The van der Waals surface area contributed by atoms with Gasteiger partial charge in [-0.3, -0.25) is 4.79 Å². The van der Waals surface area contributed by atoms with Crippen molar-refractivity contribution in [1.29, 1.82) is 0 Å². The number of hydrogen-bond acceptors (Lipinski definition) is 3. The number of anilines is 2. The Kier molecular flexibility index (Phi) is 4.24. The van der Waals surface area contributed by atoms with Crippen molar-refractivity contribution in [2.45, 2.75) is 0 Å². The second-order valence-electron chi connectivity index (χ2n) is 4.04. The van der Waals surface area contributed by atoms with Gasteiger partial charge in [0.15, 0.2) is 11.6 Å². The first-order valence-corrected chi connectivity index (χ1v) is 6.50. The number of hydrogen-bond donors (Lipinski definition) is 2. The molecule has 0 bridgehead atoms. The monoisotopic (exact) mass is 338 g/mol. The molecule has 0 heterocycles. The first kappa shape index (κ1) is 14.3. The Balaban J connectivity index is 2.26. The fourth-order valence-corrected chi connectivity index (χ4v) is 1.98. The number of benzene rings is 2. The van der Waals surface area contributed by atoms with E-state index in [0.29, 0.717) is 15.8 Å². The van der Waals surface area contributed by atoms with E-state index >= 15 is 0 Å². The van der Waals surface area contributed by atoms with Crippen molar-refractivity contribution in [2.75, 3.05) is 18.2 Å². The van der Waals surface area contributed by atoms with Gasteiger partial charge in [0.25, 0.3) is 5.91 Å². The summed E-state index contributed by atoms with van der Waals surface area (Å²) in [5.74, 6) is -0.881. The maximum absolute atomic E-state index is 13.3. The van der Waals surface area contributed by atoms with Gasteiger partial charge in [-0.25, -0.2) is 4.39 Å². The largest absolute Gasteiger partial charge is 0.494 e. The van der Waals surface area contributed by atoms with Gasteiger partial charge in [0.2, 0.25) is 0 Å². The van der Waals surface area contributed by atoms with Crippen LogP contribution in [0.15, 0.2) is 40.9 Å². The van der Waals surface area contributed by atoms with Gasteiger partial charge in [0.1, 0.15) is 0 Å². The molecule has 0 aliphatic rings. The van der Waals surface area contributed by atoms with Crippen molar-refractivity contribution < 1.29 is 13.9 Å². The highest BCUT2D eigenvalue weighted by molar-refractivity contribution is 9.10. The third kappa shape index (κ3) is 3.08. The predicted molar refractivity (Wildman–Crippen MR) is 79.5 cm³/mol. The van der Waals surface area contributed by atoms with Gasteiger partial charge in [-0.15, -0.1) is 0 Å². The number of methoxy groups -OCH3 is 1. The van der Waals surface area contributed by atoms with Crippen LogP contribution in [0.1, 0.15) is 10.4 Å². The number of nitrogens with one attached hydrogen (secondary N) is 1. The molecule has 104 valence electrons. The number of carbonyl (C=O) groups is 1. The SMILES string of the molecule is COc1cc(C(=O)Nc2cc(N)ccc2Br)ccc1F. The maximum atomic E-state index is 13.3. The van der Waals surface area contributed by atoms with Crippen LogP contribution in [0.4, 0.5) is 15.8 Å². The summed E-state index contributed by atoms with van der Waals surface area (Å²) >= 11 is 3.32. The minimum Gasteiger partial charge on any atom is -0.494 e. The maximum Gasteiger partial charge on any atom is 0.255 e. The number of halogens is 2. The van der Waals surface area contributed by atoms with Crippen molar-refractivity contribution in [1.82, 2.24) is 0 Å². The Morgan fingerprint density at radius 2 is 2.05 bits per heavy atom. The van der Waals surface area contributed by atoms with E-state index in [1.807, 2.05) is 0 Å². The molecule has 0 spiro atoms. The number of carbonyl (C=O) groups excluding carboxylic acids is 1. The highest BCUT2D eigenvalue weighted by Crippen LogP contribution is 2.26. The second-order valence-corrected chi connectivity index (χ2v) is 4.90. The smallest absolute Gasteiger partial charge is 0.255 e. The summed E-state index contributed by atoms with van der Waals surface area (Å²) in [5.41, 5.74) is 7.02. The average molecular weight is 339 g/mol. The third-order valence-corrected chi connectivity index (χ3v) is 3.34. The third-order valence-electron chi connectivity index (χ3n) is 2.65. The van der Waals surface area contributed by atoms with Crippen LogP contribution < -0.4 is 15.8 Å². The molecule has 0 unspecified atom stereocenters. The molecule has 0 fully saturated rings. The summed E-state index contributed by atoms with van der Waals surface area (Å²) in [7, 11) is 1.34. The van der Waals surface area contributed by atoms with E-state index in [0.717, 1.165) is 0 Å². The summed E-state index contributed by atoms with van der Waals surface area (Å²) < 4.78 is 18.8. The van der Waals surface area contributed by atoms with Gasteiger partial charge in [-0.1, -0.05) is 0 Å². The molecule has 0 aromatic heterocycles. The van der Waals surface area contributed by atoms with Gasteiger partial charge in [0, 0.05) is 15.7 Å². The molecule has 2 aromatic carbocycles. The van der Waals surface area contributed by atoms with Crippen molar-refractivity contribution >= 4 is 33.2 Å². The summed E-state index contributed by atoms with van der Waals surface area (Å²) in [6, 6.07) is 8.97. The van der Waals surface area contributed by atoms with Gasteiger partial charge in [0.05, 0.1) is 12.8 Å². The van der Waals surface area contributed by atoms with E-state index in [4.69, 9.17) is 10.5 Å². The molecule has 0 aliphatic carbocycles. The first-order valence-electron chi connectivity index (χ1n) is 5.71.